The summed E-state index contributed by atoms with van der Waals surface area (Å²) in [7, 11) is -3.59. The molecule has 0 bridgehead atoms. The molecule has 252 valence electrons. The molecule has 0 aliphatic carbocycles. The van der Waals surface area contributed by atoms with Gasteiger partial charge < -0.3 is 28.6 Å². The van der Waals surface area contributed by atoms with Gasteiger partial charge in [-0.1, -0.05) is 36.4 Å². The second kappa shape index (κ2) is 18.0. The van der Waals surface area contributed by atoms with Gasteiger partial charge in [0, 0.05) is 32.6 Å². The van der Waals surface area contributed by atoms with Gasteiger partial charge >= 0.3 is 23.9 Å². The van der Waals surface area contributed by atoms with Gasteiger partial charge in [-0.25, -0.2) is 0 Å². The summed E-state index contributed by atoms with van der Waals surface area (Å²) in [5.74, 6) is -2.29. The van der Waals surface area contributed by atoms with Gasteiger partial charge in [0.1, 0.15) is 23.9 Å². The van der Waals surface area contributed by atoms with Crippen LogP contribution in [0.5, 0.6) is 17.2 Å². The summed E-state index contributed by atoms with van der Waals surface area (Å²) >= 11 is 0. The first-order valence-corrected chi connectivity index (χ1v) is 17.2. The summed E-state index contributed by atoms with van der Waals surface area (Å²) in [5, 5.41) is 9.37. The van der Waals surface area contributed by atoms with Crippen LogP contribution in [-0.2, 0) is 52.6 Å². The summed E-state index contributed by atoms with van der Waals surface area (Å²) in [5.41, 5.74) is 2.16. The first-order valence-electron chi connectivity index (χ1n) is 15.2. The Morgan fingerprint density at radius 2 is 1.21 bits per heavy atom. The number of aryl methyl sites for hydroxylation is 1. The molecule has 12 heteroatoms. The minimum absolute atomic E-state index is 0.00630. The molecule has 0 aromatic heterocycles. The quantitative estimate of drug-likeness (QED) is 0.0888. The zero-order valence-electron chi connectivity index (χ0n) is 27.0. The molecule has 0 heterocycles. The normalized spacial score (nSPS) is 12.9. The van der Waals surface area contributed by atoms with Gasteiger partial charge in [0.15, 0.2) is 0 Å². The van der Waals surface area contributed by atoms with Crippen molar-refractivity contribution in [2.45, 2.75) is 66.3 Å². The highest BCUT2D eigenvalue weighted by Gasteiger charge is 2.33. The molecule has 0 aliphatic rings. The Labute approximate surface area is 274 Å². The Morgan fingerprint density at radius 1 is 0.723 bits per heavy atom. The molecule has 0 spiro atoms. The number of benzene rings is 3. The molecule has 3 aromatic rings. The van der Waals surface area contributed by atoms with Crippen molar-refractivity contribution in [1.82, 2.24) is 0 Å². The maximum atomic E-state index is 14.4. The van der Waals surface area contributed by atoms with Crippen LogP contribution in [0, 0.1) is 5.92 Å². The van der Waals surface area contributed by atoms with Crippen LogP contribution in [0.2, 0.25) is 0 Å². The molecule has 0 saturated heterocycles. The molecule has 2 atom stereocenters. The van der Waals surface area contributed by atoms with E-state index in [9.17, 15) is 28.8 Å². The van der Waals surface area contributed by atoms with Crippen molar-refractivity contribution in [3.8, 4) is 17.2 Å². The van der Waals surface area contributed by atoms with Gasteiger partial charge in [-0.15, -0.1) is 0 Å². The number of carboxylic acid groups (broad SMARTS) is 1. The molecule has 0 amide bonds. The van der Waals surface area contributed by atoms with E-state index in [0.717, 1.165) is 5.56 Å². The van der Waals surface area contributed by atoms with Crippen molar-refractivity contribution in [2.24, 2.45) is 5.92 Å². The molecule has 3 rings (SSSR count). The summed E-state index contributed by atoms with van der Waals surface area (Å²) in [6.45, 7) is 6.31. The largest absolute Gasteiger partial charge is 0.491 e. The molecule has 1 N–H and O–H groups in total. The van der Waals surface area contributed by atoms with Crippen LogP contribution in [0.4, 0.5) is 0 Å². The third-order valence-corrected chi connectivity index (χ3v) is 9.29. The van der Waals surface area contributed by atoms with E-state index in [0.29, 0.717) is 34.8 Å². The third kappa shape index (κ3) is 13.8. The highest BCUT2D eigenvalue weighted by molar-refractivity contribution is 7.59. The maximum Gasteiger partial charge on any atom is 0.309 e. The number of rotatable bonds is 18. The van der Waals surface area contributed by atoms with Crippen molar-refractivity contribution in [1.29, 1.82) is 0 Å². The predicted molar refractivity (Wildman–Crippen MR) is 174 cm³/mol. The lowest BCUT2D eigenvalue weighted by Crippen LogP contribution is -2.24. The fourth-order valence-corrected chi connectivity index (χ4v) is 6.94. The molecule has 3 aromatic carbocycles. The Balaban J connectivity index is 1.77. The molecular weight excluding hydrogens is 627 g/mol. The Hall–Kier alpha value is -4.47. The van der Waals surface area contributed by atoms with Gasteiger partial charge in [-0.05, 0) is 79.8 Å². The third-order valence-electron chi connectivity index (χ3n) is 6.79. The number of aliphatic carboxylic acids is 1. The van der Waals surface area contributed by atoms with Crippen LogP contribution >= 0.6 is 7.37 Å². The topological polar surface area (TPSA) is 152 Å². The zero-order chi connectivity index (χ0) is 34.4. The van der Waals surface area contributed by atoms with E-state index >= 15 is 0 Å². The smallest absolute Gasteiger partial charge is 0.309 e. The number of esters is 3. The number of carbonyl (C=O) groups is 4. The number of hydrogen-bond acceptors (Lipinski definition) is 10. The maximum absolute atomic E-state index is 14.4. The molecular formula is C35H41O11P. The van der Waals surface area contributed by atoms with Gasteiger partial charge in [-0.3, -0.25) is 23.7 Å². The van der Waals surface area contributed by atoms with E-state index in [-0.39, 0.29) is 44.5 Å². The average Bonchev–Trinajstić information content (AvgIpc) is 3.01. The number of carbonyl (C=O) groups excluding carboxylic acids is 3. The molecule has 0 aliphatic heterocycles. The second-order valence-corrected chi connectivity index (χ2v) is 14.0. The number of ether oxygens (including phenoxy) is 4. The van der Waals surface area contributed by atoms with Crippen LogP contribution in [0.25, 0.3) is 0 Å². The zero-order valence-corrected chi connectivity index (χ0v) is 27.9. The molecule has 0 radical (unpaired) electrons. The first kappa shape index (κ1) is 37.0. The Kier molecular flexibility index (Phi) is 14.2. The summed E-state index contributed by atoms with van der Waals surface area (Å²) in [6, 6.07) is 20.3. The van der Waals surface area contributed by atoms with Gasteiger partial charge in [0.2, 0.25) is 7.37 Å². The molecule has 11 nitrogen and oxygen atoms in total. The van der Waals surface area contributed by atoms with Gasteiger partial charge in [-0.2, -0.15) is 0 Å². The van der Waals surface area contributed by atoms with Gasteiger partial charge in [0.05, 0.1) is 18.6 Å². The van der Waals surface area contributed by atoms with Crippen LogP contribution in [0.15, 0.2) is 72.8 Å². The lowest BCUT2D eigenvalue weighted by molar-refractivity contribution is -0.150. The van der Waals surface area contributed by atoms with E-state index in [4.69, 9.17) is 23.5 Å². The fraction of sp³-hybridized carbons (Fsp3) is 0.371. The van der Waals surface area contributed by atoms with Crippen LogP contribution in [0.1, 0.15) is 57.2 Å². The van der Waals surface area contributed by atoms with E-state index in [1.54, 1.807) is 72.8 Å². The average molecular weight is 669 g/mol. The highest BCUT2D eigenvalue weighted by atomic mass is 31.2. The minimum atomic E-state index is -3.59. The predicted octanol–water partition coefficient (Wildman–Crippen LogP) is 6.59. The fourth-order valence-electron chi connectivity index (χ4n) is 4.54. The molecule has 0 saturated carbocycles. The second-order valence-electron chi connectivity index (χ2n) is 11.3. The molecule has 0 fully saturated rings. The first-order chi connectivity index (χ1) is 22.3. The Bertz CT molecular complexity index is 1460. The van der Waals surface area contributed by atoms with Crippen molar-refractivity contribution in [2.75, 3.05) is 12.3 Å². The van der Waals surface area contributed by atoms with Crippen molar-refractivity contribution in [3.63, 3.8) is 0 Å². The van der Waals surface area contributed by atoms with Crippen LogP contribution in [-0.4, -0.2) is 47.4 Å². The van der Waals surface area contributed by atoms with Crippen LogP contribution < -0.4 is 14.2 Å². The lowest BCUT2D eigenvalue weighted by Gasteiger charge is -2.24. The Morgan fingerprint density at radius 3 is 1.70 bits per heavy atom. The summed E-state index contributed by atoms with van der Waals surface area (Å²) in [4.78, 5) is 47.3. The number of hydrogen-bond donors (Lipinski definition) is 1. The standard InChI is InChI=1S/C35H41O11P/c1-24(2)44-31-14-7-28(8-15-31)21-42-35(40)30(11-18-34(38)39)23-47(41,20-19-27-5-12-32(13-6-27)45-25(3)36)43-22-29-9-16-33(17-10-29)46-26(4)37/h5-10,12-17,24,30H,11,18-23H2,1-4H3,(H,38,39). The summed E-state index contributed by atoms with van der Waals surface area (Å²) in [6.07, 6.45) is -0.259. The molecule has 47 heavy (non-hydrogen) atoms. The SMILES string of the molecule is CC(=O)Oc1ccc(CCP(=O)(CC(CCC(=O)O)C(=O)OCc2ccc(OC(C)C)cc2)OCc2ccc(OC(C)=O)cc2)cc1. The van der Waals surface area contributed by atoms with E-state index < -0.39 is 37.2 Å². The lowest BCUT2D eigenvalue weighted by atomic mass is 10.1. The van der Waals surface area contributed by atoms with E-state index in [2.05, 4.69) is 0 Å². The van der Waals surface area contributed by atoms with Crippen molar-refractivity contribution >= 4 is 31.2 Å². The van der Waals surface area contributed by atoms with Crippen LogP contribution in [0.3, 0.4) is 0 Å². The van der Waals surface area contributed by atoms with Crippen molar-refractivity contribution in [3.05, 3.63) is 89.5 Å². The van der Waals surface area contributed by atoms with Crippen molar-refractivity contribution < 1.29 is 52.3 Å². The monoisotopic (exact) mass is 668 g/mol. The number of carboxylic acids is 1. The van der Waals surface area contributed by atoms with Gasteiger partial charge in [0.25, 0.3) is 0 Å². The molecule has 2 unspecified atom stereocenters. The van der Waals surface area contributed by atoms with E-state index in [1.165, 1.54) is 13.8 Å². The van der Waals surface area contributed by atoms with E-state index in [1.807, 2.05) is 13.8 Å². The highest BCUT2D eigenvalue weighted by Crippen LogP contribution is 2.50. The summed E-state index contributed by atoms with van der Waals surface area (Å²) < 4.78 is 41.8. The minimum Gasteiger partial charge on any atom is -0.491 e.